The van der Waals surface area contributed by atoms with E-state index in [4.69, 9.17) is 9.15 Å². The molecule has 3 heteroatoms. The highest BCUT2D eigenvalue weighted by Crippen LogP contribution is 2.40. The molecule has 0 aliphatic heterocycles. The molecule has 4 aromatic rings. The summed E-state index contributed by atoms with van der Waals surface area (Å²) < 4.78 is 12.8. The molecule has 0 aliphatic carbocycles. The summed E-state index contributed by atoms with van der Waals surface area (Å²) in [7, 11) is 1.68. The minimum Gasteiger partial charge on any atom is -0.497 e. The van der Waals surface area contributed by atoms with Crippen LogP contribution in [-0.2, 0) is 0 Å². The van der Waals surface area contributed by atoms with Gasteiger partial charge in [-0.1, -0.05) is 60.7 Å². The number of methoxy groups -OCH3 is 1. The zero-order valence-corrected chi connectivity index (χ0v) is 16.4. The van der Waals surface area contributed by atoms with Gasteiger partial charge >= 0.3 is 0 Å². The van der Waals surface area contributed by atoms with Crippen LogP contribution < -0.4 is 4.74 Å². The molecule has 1 aromatic heterocycles. The highest BCUT2D eigenvalue weighted by atomic mass is 127. The standard InChI is InChI=1S/C23H17IO2/c1-25-18-13-11-16(12-14-18)20-15-22(19-9-5-6-10-21(19)24)26-23(20)17-7-3-2-4-8-17/h2-15H,1H3. The maximum Gasteiger partial charge on any atom is 0.142 e. The number of benzene rings is 3. The predicted octanol–water partition coefficient (Wildman–Crippen LogP) is 6.89. The molecule has 0 unspecified atom stereocenters. The zero-order chi connectivity index (χ0) is 17.9. The van der Waals surface area contributed by atoms with Gasteiger partial charge in [-0.25, -0.2) is 0 Å². The lowest BCUT2D eigenvalue weighted by molar-refractivity contribution is 0.415. The molecule has 0 aliphatic rings. The predicted molar refractivity (Wildman–Crippen MR) is 114 cm³/mol. The Morgan fingerprint density at radius 1 is 0.731 bits per heavy atom. The van der Waals surface area contributed by atoms with E-state index in [1.807, 2.05) is 42.5 Å². The van der Waals surface area contributed by atoms with E-state index in [0.717, 1.165) is 39.5 Å². The quantitative estimate of drug-likeness (QED) is 0.315. The number of hydrogen-bond donors (Lipinski definition) is 0. The molecule has 0 radical (unpaired) electrons. The van der Waals surface area contributed by atoms with Gasteiger partial charge < -0.3 is 9.15 Å². The fourth-order valence-electron chi connectivity index (χ4n) is 2.97. The second-order valence-electron chi connectivity index (χ2n) is 5.93. The topological polar surface area (TPSA) is 22.4 Å². The molecule has 0 spiro atoms. The number of halogens is 1. The van der Waals surface area contributed by atoms with Crippen molar-refractivity contribution in [3.05, 3.63) is 88.5 Å². The SMILES string of the molecule is COc1ccc(-c2cc(-c3ccccc3I)oc2-c2ccccc2)cc1. The van der Waals surface area contributed by atoms with Crippen LogP contribution in [0.3, 0.4) is 0 Å². The number of rotatable bonds is 4. The van der Waals surface area contributed by atoms with Crippen molar-refractivity contribution in [1.82, 2.24) is 0 Å². The fourth-order valence-corrected chi connectivity index (χ4v) is 3.63. The zero-order valence-electron chi connectivity index (χ0n) is 14.3. The van der Waals surface area contributed by atoms with E-state index in [1.54, 1.807) is 7.11 Å². The third-order valence-electron chi connectivity index (χ3n) is 4.31. The van der Waals surface area contributed by atoms with Crippen LogP contribution in [0.2, 0.25) is 0 Å². The maximum atomic E-state index is 6.34. The van der Waals surface area contributed by atoms with Crippen LogP contribution in [0.4, 0.5) is 0 Å². The molecule has 1 heterocycles. The van der Waals surface area contributed by atoms with Crippen LogP contribution in [0.1, 0.15) is 0 Å². The van der Waals surface area contributed by atoms with Gasteiger partial charge in [0.15, 0.2) is 0 Å². The summed E-state index contributed by atoms with van der Waals surface area (Å²) in [5.74, 6) is 2.60. The first kappa shape index (κ1) is 16.9. The summed E-state index contributed by atoms with van der Waals surface area (Å²) in [5, 5.41) is 0. The largest absolute Gasteiger partial charge is 0.497 e. The van der Waals surface area contributed by atoms with Crippen LogP contribution in [0.15, 0.2) is 89.3 Å². The van der Waals surface area contributed by atoms with E-state index >= 15 is 0 Å². The third-order valence-corrected chi connectivity index (χ3v) is 5.25. The van der Waals surface area contributed by atoms with Crippen molar-refractivity contribution in [3.8, 4) is 39.5 Å². The summed E-state index contributed by atoms with van der Waals surface area (Å²) in [6.07, 6.45) is 0. The molecule has 4 rings (SSSR count). The van der Waals surface area contributed by atoms with Crippen LogP contribution >= 0.6 is 22.6 Å². The molecule has 0 bridgehead atoms. The van der Waals surface area contributed by atoms with E-state index in [-0.39, 0.29) is 0 Å². The Hall–Kier alpha value is -2.53. The lowest BCUT2D eigenvalue weighted by atomic mass is 10.0. The van der Waals surface area contributed by atoms with Gasteiger partial charge in [0.1, 0.15) is 17.3 Å². The van der Waals surface area contributed by atoms with Gasteiger partial charge in [-0.2, -0.15) is 0 Å². The molecule has 0 N–H and O–H groups in total. The van der Waals surface area contributed by atoms with Crippen molar-refractivity contribution < 1.29 is 9.15 Å². The van der Waals surface area contributed by atoms with E-state index < -0.39 is 0 Å². The molecular weight excluding hydrogens is 435 g/mol. The van der Waals surface area contributed by atoms with Gasteiger partial charge in [-0.15, -0.1) is 0 Å². The Bertz CT molecular complexity index is 1020. The number of hydrogen-bond acceptors (Lipinski definition) is 2. The first-order chi connectivity index (χ1) is 12.8. The second-order valence-corrected chi connectivity index (χ2v) is 7.09. The third kappa shape index (κ3) is 3.27. The number of furan rings is 1. The maximum absolute atomic E-state index is 6.34. The minimum absolute atomic E-state index is 0.844. The molecule has 0 amide bonds. The average Bonchev–Trinajstić information content (AvgIpc) is 3.14. The monoisotopic (exact) mass is 452 g/mol. The first-order valence-electron chi connectivity index (χ1n) is 8.35. The second kappa shape index (κ2) is 7.38. The molecule has 2 nitrogen and oxygen atoms in total. The molecule has 26 heavy (non-hydrogen) atoms. The Balaban J connectivity index is 1.89. The highest BCUT2D eigenvalue weighted by molar-refractivity contribution is 14.1. The average molecular weight is 452 g/mol. The van der Waals surface area contributed by atoms with Crippen LogP contribution in [0.25, 0.3) is 33.8 Å². The van der Waals surface area contributed by atoms with Crippen molar-refractivity contribution in [2.24, 2.45) is 0 Å². The Kier molecular flexibility index (Phi) is 4.80. The molecule has 3 aromatic carbocycles. The van der Waals surface area contributed by atoms with E-state index in [9.17, 15) is 0 Å². The van der Waals surface area contributed by atoms with Crippen molar-refractivity contribution in [2.45, 2.75) is 0 Å². The van der Waals surface area contributed by atoms with Gasteiger partial charge in [0.05, 0.1) is 7.11 Å². The van der Waals surface area contributed by atoms with Crippen molar-refractivity contribution >= 4 is 22.6 Å². The molecular formula is C23H17IO2. The van der Waals surface area contributed by atoms with Crippen molar-refractivity contribution in [2.75, 3.05) is 7.11 Å². The summed E-state index contributed by atoms with van der Waals surface area (Å²) in [6.45, 7) is 0. The molecule has 0 saturated heterocycles. The smallest absolute Gasteiger partial charge is 0.142 e. The van der Waals surface area contributed by atoms with E-state index in [0.29, 0.717) is 0 Å². The summed E-state index contributed by atoms with van der Waals surface area (Å²) >= 11 is 2.35. The normalized spacial score (nSPS) is 10.7. The number of ether oxygens (including phenoxy) is 1. The minimum atomic E-state index is 0.844. The van der Waals surface area contributed by atoms with Crippen molar-refractivity contribution in [1.29, 1.82) is 0 Å². The summed E-state index contributed by atoms with van der Waals surface area (Å²) in [5.41, 5.74) is 4.35. The fraction of sp³-hybridized carbons (Fsp3) is 0.0435. The van der Waals surface area contributed by atoms with Gasteiger partial charge in [-0.05, 0) is 52.4 Å². The molecule has 0 fully saturated rings. The van der Waals surface area contributed by atoms with Crippen LogP contribution in [0, 0.1) is 3.57 Å². The van der Waals surface area contributed by atoms with Gasteiger partial charge in [0.25, 0.3) is 0 Å². The van der Waals surface area contributed by atoms with Crippen molar-refractivity contribution in [3.63, 3.8) is 0 Å². The Morgan fingerprint density at radius 2 is 1.42 bits per heavy atom. The van der Waals surface area contributed by atoms with Gasteiger partial charge in [-0.3, -0.25) is 0 Å². The molecule has 128 valence electrons. The van der Waals surface area contributed by atoms with Gasteiger partial charge in [0, 0.05) is 20.3 Å². The molecule has 0 atom stereocenters. The lowest BCUT2D eigenvalue weighted by Gasteiger charge is -2.04. The Labute approximate surface area is 166 Å². The summed E-state index contributed by atoms with van der Waals surface area (Å²) in [6, 6.07) is 28.7. The molecule has 0 saturated carbocycles. The van der Waals surface area contributed by atoms with E-state index in [1.165, 1.54) is 3.57 Å². The van der Waals surface area contributed by atoms with E-state index in [2.05, 4.69) is 65.1 Å². The van der Waals surface area contributed by atoms with Gasteiger partial charge in [0.2, 0.25) is 0 Å². The van der Waals surface area contributed by atoms with Crippen LogP contribution in [0.5, 0.6) is 5.75 Å². The van der Waals surface area contributed by atoms with Crippen LogP contribution in [-0.4, -0.2) is 7.11 Å². The Morgan fingerprint density at radius 3 is 2.12 bits per heavy atom. The lowest BCUT2D eigenvalue weighted by Crippen LogP contribution is -1.83. The first-order valence-corrected chi connectivity index (χ1v) is 9.43. The summed E-state index contributed by atoms with van der Waals surface area (Å²) in [4.78, 5) is 0. The highest BCUT2D eigenvalue weighted by Gasteiger charge is 2.17.